The van der Waals surface area contributed by atoms with E-state index in [0.29, 0.717) is 19.6 Å². The van der Waals surface area contributed by atoms with Gasteiger partial charge in [-0.15, -0.1) is 0 Å². The number of carbonyl (C=O) groups excluding carboxylic acids is 2. The topological polar surface area (TPSA) is 69.3 Å². The van der Waals surface area contributed by atoms with Gasteiger partial charge < -0.3 is 0 Å². The third-order valence-corrected chi connectivity index (χ3v) is 6.01. The van der Waals surface area contributed by atoms with Crippen LogP contribution in [-0.4, -0.2) is 44.9 Å². The minimum atomic E-state index is -0.196. The maximum Gasteiger partial charge on any atom is 0.234 e. The zero-order valence-corrected chi connectivity index (χ0v) is 14.6. The highest BCUT2D eigenvalue weighted by Crippen LogP contribution is 2.35. The first-order valence-corrected chi connectivity index (χ1v) is 9.37. The van der Waals surface area contributed by atoms with Crippen molar-refractivity contribution in [1.82, 2.24) is 20.0 Å². The first kappa shape index (κ1) is 15.8. The van der Waals surface area contributed by atoms with Gasteiger partial charge in [-0.25, -0.2) is 0 Å². The minimum absolute atomic E-state index is 0.0152. The first-order chi connectivity index (χ1) is 12.7. The molecule has 2 aromatic rings. The molecule has 3 aliphatic rings. The van der Waals surface area contributed by atoms with Crippen LogP contribution in [-0.2, 0) is 35.5 Å². The highest BCUT2D eigenvalue weighted by Gasteiger charge is 2.52. The summed E-state index contributed by atoms with van der Waals surface area (Å²) < 4.78 is 0. The number of hydrogen-bond acceptors (Lipinski definition) is 4. The van der Waals surface area contributed by atoms with Crippen LogP contribution >= 0.6 is 0 Å². The molecule has 6 nitrogen and oxygen atoms in total. The van der Waals surface area contributed by atoms with E-state index in [1.165, 1.54) is 22.6 Å². The summed E-state index contributed by atoms with van der Waals surface area (Å²) in [5.74, 6) is -0.423. The number of H-pyrrole nitrogens is 1. The predicted molar refractivity (Wildman–Crippen MR) is 94.9 cm³/mol. The quantitative estimate of drug-likeness (QED) is 0.849. The SMILES string of the molecule is O=C1C2CN(Cc3n[nH]c4c3CCC4)CC2C(=O)N1Cc1ccccc1. The maximum atomic E-state index is 12.8. The zero-order chi connectivity index (χ0) is 17.7. The maximum absolute atomic E-state index is 12.8. The summed E-state index contributed by atoms with van der Waals surface area (Å²) in [6, 6.07) is 9.73. The highest BCUT2D eigenvalue weighted by molar-refractivity contribution is 6.05. The number of likely N-dealkylation sites (tertiary alicyclic amines) is 2. The number of hydrogen-bond donors (Lipinski definition) is 1. The summed E-state index contributed by atoms with van der Waals surface area (Å²) in [5.41, 5.74) is 4.71. The molecular weight excluding hydrogens is 328 g/mol. The minimum Gasteiger partial charge on any atom is -0.296 e. The standard InChI is InChI=1S/C20H22N4O2/c25-19-15-10-23(12-18-14-7-4-8-17(14)21-22-18)11-16(15)20(26)24(19)9-13-5-2-1-3-6-13/h1-3,5-6,15-16H,4,7-12H2,(H,21,22). The van der Waals surface area contributed by atoms with Gasteiger partial charge in [0.1, 0.15) is 0 Å². The first-order valence-electron chi connectivity index (χ1n) is 9.37. The molecule has 26 heavy (non-hydrogen) atoms. The van der Waals surface area contributed by atoms with Gasteiger partial charge in [-0.3, -0.25) is 24.5 Å². The number of aromatic nitrogens is 2. The van der Waals surface area contributed by atoms with Gasteiger partial charge in [-0.2, -0.15) is 5.10 Å². The normalized spacial score (nSPS) is 25.2. The third-order valence-electron chi connectivity index (χ3n) is 6.01. The van der Waals surface area contributed by atoms with Gasteiger partial charge in [0, 0.05) is 25.3 Å². The van der Waals surface area contributed by atoms with Crippen molar-refractivity contribution >= 4 is 11.8 Å². The van der Waals surface area contributed by atoms with Gasteiger partial charge in [0.05, 0.1) is 24.1 Å². The van der Waals surface area contributed by atoms with Crippen molar-refractivity contribution in [1.29, 1.82) is 0 Å². The van der Waals surface area contributed by atoms with Crippen LogP contribution in [0.25, 0.3) is 0 Å². The fourth-order valence-corrected chi connectivity index (χ4v) is 4.68. The summed E-state index contributed by atoms with van der Waals surface area (Å²) >= 11 is 0. The van der Waals surface area contributed by atoms with E-state index in [-0.39, 0.29) is 23.7 Å². The second-order valence-corrected chi connectivity index (χ2v) is 7.64. The van der Waals surface area contributed by atoms with Gasteiger partial charge in [-0.1, -0.05) is 30.3 Å². The van der Waals surface area contributed by atoms with Crippen molar-refractivity contribution in [2.45, 2.75) is 32.4 Å². The summed E-state index contributed by atoms with van der Waals surface area (Å²) in [7, 11) is 0. The number of rotatable bonds is 4. The summed E-state index contributed by atoms with van der Waals surface area (Å²) in [4.78, 5) is 29.3. The Bertz CT molecular complexity index is 836. The number of nitrogens with one attached hydrogen (secondary N) is 1. The van der Waals surface area contributed by atoms with Gasteiger partial charge in [0.2, 0.25) is 11.8 Å². The number of aryl methyl sites for hydroxylation is 1. The van der Waals surface area contributed by atoms with E-state index in [4.69, 9.17) is 0 Å². The monoisotopic (exact) mass is 350 g/mol. The number of fused-ring (bicyclic) bond motifs is 2. The van der Waals surface area contributed by atoms with Crippen molar-refractivity contribution < 1.29 is 9.59 Å². The van der Waals surface area contributed by atoms with E-state index in [9.17, 15) is 9.59 Å². The molecule has 6 heteroatoms. The van der Waals surface area contributed by atoms with Crippen molar-refractivity contribution in [3.8, 4) is 0 Å². The lowest BCUT2D eigenvalue weighted by molar-refractivity contribution is -0.141. The molecule has 2 amide bonds. The van der Waals surface area contributed by atoms with Crippen LogP contribution in [0.2, 0.25) is 0 Å². The van der Waals surface area contributed by atoms with Crippen LogP contribution in [0.4, 0.5) is 0 Å². The van der Waals surface area contributed by atoms with E-state index in [1.54, 1.807) is 0 Å². The second-order valence-electron chi connectivity index (χ2n) is 7.64. The fourth-order valence-electron chi connectivity index (χ4n) is 4.68. The molecule has 0 saturated carbocycles. The van der Waals surface area contributed by atoms with E-state index < -0.39 is 0 Å². The molecule has 0 spiro atoms. The van der Waals surface area contributed by atoms with Gasteiger partial charge in [0.25, 0.3) is 0 Å². The molecule has 5 rings (SSSR count). The Morgan fingerprint density at radius 3 is 2.46 bits per heavy atom. The van der Waals surface area contributed by atoms with E-state index in [0.717, 1.165) is 30.6 Å². The number of amides is 2. The Morgan fingerprint density at radius 1 is 1.00 bits per heavy atom. The van der Waals surface area contributed by atoms with E-state index in [2.05, 4.69) is 15.1 Å². The molecule has 2 saturated heterocycles. The van der Waals surface area contributed by atoms with Crippen LogP contribution in [0.3, 0.4) is 0 Å². The van der Waals surface area contributed by atoms with Crippen LogP contribution in [0.5, 0.6) is 0 Å². The smallest absolute Gasteiger partial charge is 0.234 e. The van der Waals surface area contributed by atoms with Crippen molar-refractivity contribution in [2.24, 2.45) is 11.8 Å². The van der Waals surface area contributed by atoms with Gasteiger partial charge in [0.15, 0.2) is 0 Å². The number of benzene rings is 1. The molecule has 2 aliphatic heterocycles. The van der Waals surface area contributed by atoms with Crippen molar-refractivity contribution in [3.63, 3.8) is 0 Å². The Balaban J connectivity index is 1.28. The molecule has 2 unspecified atom stereocenters. The molecule has 1 aromatic carbocycles. The molecule has 1 N–H and O–H groups in total. The Labute approximate surface area is 152 Å². The molecule has 1 aromatic heterocycles. The summed E-state index contributed by atoms with van der Waals surface area (Å²) in [6.45, 7) is 2.43. The number of aromatic amines is 1. The number of imide groups is 1. The van der Waals surface area contributed by atoms with Crippen LogP contribution in [0.1, 0.15) is 28.9 Å². The van der Waals surface area contributed by atoms with Crippen LogP contribution in [0, 0.1) is 11.8 Å². The molecular formula is C20H22N4O2. The average Bonchev–Trinajstić information content (AvgIpc) is 3.39. The largest absolute Gasteiger partial charge is 0.296 e. The van der Waals surface area contributed by atoms with Crippen molar-refractivity contribution in [3.05, 3.63) is 52.8 Å². The lowest BCUT2D eigenvalue weighted by atomic mass is 10.00. The van der Waals surface area contributed by atoms with Crippen LogP contribution < -0.4 is 0 Å². The Hall–Kier alpha value is -2.47. The second kappa shape index (κ2) is 6.06. The predicted octanol–water partition coefficient (Wildman–Crippen LogP) is 1.52. The van der Waals surface area contributed by atoms with Gasteiger partial charge in [-0.05, 0) is 30.4 Å². The van der Waals surface area contributed by atoms with Crippen molar-refractivity contribution in [2.75, 3.05) is 13.1 Å². The number of nitrogens with zero attached hydrogens (tertiary/aromatic N) is 3. The van der Waals surface area contributed by atoms with E-state index in [1.807, 2.05) is 30.3 Å². The molecule has 1 aliphatic carbocycles. The fraction of sp³-hybridized carbons (Fsp3) is 0.450. The highest BCUT2D eigenvalue weighted by atomic mass is 16.2. The van der Waals surface area contributed by atoms with Gasteiger partial charge >= 0.3 is 0 Å². The average molecular weight is 350 g/mol. The molecule has 3 heterocycles. The summed E-state index contributed by atoms with van der Waals surface area (Å²) in [5, 5.41) is 7.60. The third kappa shape index (κ3) is 2.48. The lowest BCUT2D eigenvalue weighted by Crippen LogP contribution is -2.35. The Morgan fingerprint density at radius 2 is 1.73 bits per heavy atom. The van der Waals surface area contributed by atoms with E-state index >= 15 is 0 Å². The Kier molecular flexibility index (Phi) is 3.67. The molecule has 0 radical (unpaired) electrons. The lowest BCUT2D eigenvalue weighted by Gasteiger charge is -2.20. The van der Waals surface area contributed by atoms with Crippen LogP contribution in [0.15, 0.2) is 30.3 Å². The summed E-state index contributed by atoms with van der Waals surface area (Å²) in [6.07, 6.45) is 3.36. The molecule has 134 valence electrons. The molecule has 2 fully saturated rings. The molecule has 0 bridgehead atoms. The molecule has 2 atom stereocenters. The number of carbonyl (C=O) groups is 2. The zero-order valence-electron chi connectivity index (χ0n) is 14.6.